The van der Waals surface area contributed by atoms with Crippen LogP contribution in [-0.4, -0.2) is 16.9 Å². The van der Waals surface area contributed by atoms with Gasteiger partial charge in [-0.3, -0.25) is 9.59 Å². The lowest BCUT2D eigenvalue weighted by Gasteiger charge is -2.10. The van der Waals surface area contributed by atoms with Crippen LogP contribution in [0.3, 0.4) is 0 Å². The molecule has 0 radical (unpaired) electrons. The van der Waals surface area contributed by atoms with Crippen molar-refractivity contribution in [2.24, 2.45) is 5.92 Å². The lowest BCUT2D eigenvalue weighted by molar-refractivity contribution is -0.145. The fourth-order valence-corrected chi connectivity index (χ4v) is 1.47. The van der Waals surface area contributed by atoms with Gasteiger partial charge >= 0.3 is 12.1 Å². The second-order valence-electron chi connectivity index (χ2n) is 3.90. The van der Waals surface area contributed by atoms with E-state index in [-0.39, 0.29) is 6.42 Å². The fourth-order valence-electron chi connectivity index (χ4n) is 1.47. The number of Topliss-reactive ketones (excluding diaryl/α,β-unsaturated/α-hetero) is 1. The molecule has 0 aliphatic heterocycles. The maximum Gasteiger partial charge on any atom is 0.416 e. The van der Waals surface area contributed by atoms with E-state index in [1.54, 1.807) is 0 Å². The van der Waals surface area contributed by atoms with Gasteiger partial charge in [-0.1, -0.05) is 12.1 Å². The molecule has 0 spiro atoms. The smallest absolute Gasteiger partial charge is 0.416 e. The number of rotatable bonds is 4. The van der Waals surface area contributed by atoms with Crippen LogP contribution in [0.15, 0.2) is 24.3 Å². The molecule has 1 unspecified atom stereocenters. The molecule has 0 aromatic heterocycles. The highest BCUT2D eigenvalue weighted by Gasteiger charge is 2.30. The van der Waals surface area contributed by atoms with Gasteiger partial charge in [0.05, 0.1) is 5.56 Å². The third-order valence-electron chi connectivity index (χ3n) is 2.51. The average Bonchev–Trinajstić information content (AvgIpc) is 2.24. The Morgan fingerprint density at radius 1 is 1.22 bits per heavy atom. The Morgan fingerprint density at radius 2 is 1.72 bits per heavy atom. The largest absolute Gasteiger partial charge is 0.481 e. The van der Waals surface area contributed by atoms with Crippen molar-refractivity contribution >= 4 is 11.8 Å². The third-order valence-corrected chi connectivity index (χ3v) is 2.51. The van der Waals surface area contributed by atoms with Crippen LogP contribution in [0.4, 0.5) is 13.2 Å². The van der Waals surface area contributed by atoms with Gasteiger partial charge in [-0.15, -0.1) is 0 Å². The predicted molar refractivity (Wildman–Crippen MR) is 57.0 cm³/mol. The number of carbonyl (C=O) groups excluding carboxylic acids is 1. The van der Waals surface area contributed by atoms with Gasteiger partial charge in [0.2, 0.25) is 0 Å². The van der Waals surface area contributed by atoms with Gasteiger partial charge in [0.15, 0.2) is 0 Å². The molecular weight excluding hydrogens is 249 g/mol. The number of ketones is 1. The summed E-state index contributed by atoms with van der Waals surface area (Å²) in [5.74, 6) is -3.02. The second kappa shape index (κ2) is 5.20. The van der Waals surface area contributed by atoms with Crippen LogP contribution < -0.4 is 0 Å². The first kappa shape index (κ1) is 14.2. The Kier molecular flexibility index (Phi) is 4.11. The van der Waals surface area contributed by atoms with Crippen molar-refractivity contribution in [1.82, 2.24) is 0 Å². The van der Waals surface area contributed by atoms with Gasteiger partial charge in [0.1, 0.15) is 11.7 Å². The van der Waals surface area contributed by atoms with Crippen LogP contribution in [0.2, 0.25) is 0 Å². The van der Waals surface area contributed by atoms with Crippen LogP contribution in [0.5, 0.6) is 0 Å². The minimum absolute atomic E-state index is 0.108. The zero-order valence-corrected chi connectivity index (χ0v) is 9.49. The molecule has 18 heavy (non-hydrogen) atoms. The van der Waals surface area contributed by atoms with Gasteiger partial charge in [0, 0.05) is 0 Å². The monoisotopic (exact) mass is 260 g/mol. The van der Waals surface area contributed by atoms with E-state index < -0.39 is 29.4 Å². The van der Waals surface area contributed by atoms with Gasteiger partial charge in [-0.2, -0.15) is 13.2 Å². The van der Waals surface area contributed by atoms with E-state index in [0.717, 1.165) is 19.1 Å². The van der Waals surface area contributed by atoms with E-state index in [0.29, 0.717) is 5.56 Å². The van der Waals surface area contributed by atoms with Crippen molar-refractivity contribution in [3.63, 3.8) is 0 Å². The molecule has 1 aromatic rings. The minimum Gasteiger partial charge on any atom is -0.481 e. The number of hydrogen-bond donors (Lipinski definition) is 1. The number of carboxylic acids is 1. The van der Waals surface area contributed by atoms with Crippen molar-refractivity contribution in [2.75, 3.05) is 0 Å². The highest BCUT2D eigenvalue weighted by Crippen LogP contribution is 2.29. The predicted octanol–water partition coefficient (Wildman–Crippen LogP) is 2.54. The Bertz CT molecular complexity index is 435. The van der Waals surface area contributed by atoms with Crippen LogP contribution in [-0.2, 0) is 22.2 Å². The minimum atomic E-state index is -4.43. The number of hydrogen-bond acceptors (Lipinski definition) is 2. The summed E-state index contributed by atoms with van der Waals surface area (Å²) in [5, 5.41) is 8.79. The van der Waals surface area contributed by atoms with Crippen molar-refractivity contribution in [2.45, 2.75) is 19.5 Å². The maximum atomic E-state index is 12.3. The molecule has 1 rings (SSSR count). The molecule has 0 bridgehead atoms. The van der Waals surface area contributed by atoms with Crippen molar-refractivity contribution in [3.8, 4) is 0 Å². The summed E-state index contributed by atoms with van der Waals surface area (Å²) in [6, 6.07) is 4.10. The maximum absolute atomic E-state index is 12.3. The Balaban J connectivity index is 2.86. The van der Waals surface area contributed by atoms with Gasteiger partial charge in [-0.05, 0) is 31.0 Å². The van der Waals surface area contributed by atoms with Crippen LogP contribution >= 0.6 is 0 Å². The highest BCUT2D eigenvalue weighted by atomic mass is 19.4. The molecule has 0 fully saturated rings. The highest BCUT2D eigenvalue weighted by molar-refractivity contribution is 5.97. The molecule has 98 valence electrons. The molecule has 0 heterocycles. The summed E-state index contributed by atoms with van der Waals surface area (Å²) in [7, 11) is 0. The third kappa shape index (κ3) is 3.58. The molecular formula is C12H11F3O3. The normalized spacial score (nSPS) is 13.1. The summed E-state index contributed by atoms with van der Waals surface area (Å²) in [5.41, 5.74) is -0.424. The molecule has 3 nitrogen and oxygen atoms in total. The van der Waals surface area contributed by atoms with Crippen molar-refractivity contribution in [1.29, 1.82) is 0 Å². The molecule has 0 aliphatic carbocycles. The molecule has 1 atom stereocenters. The molecule has 0 aliphatic rings. The molecule has 0 amide bonds. The van der Waals surface area contributed by atoms with Crippen LogP contribution in [0.1, 0.15) is 18.1 Å². The zero-order chi connectivity index (χ0) is 13.9. The van der Waals surface area contributed by atoms with E-state index in [1.807, 2.05) is 0 Å². The average molecular weight is 260 g/mol. The summed E-state index contributed by atoms with van der Waals surface area (Å²) in [4.78, 5) is 21.8. The summed E-state index contributed by atoms with van der Waals surface area (Å²) in [6.07, 6.45) is -4.53. The van der Waals surface area contributed by atoms with Gasteiger partial charge < -0.3 is 5.11 Å². The quantitative estimate of drug-likeness (QED) is 0.846. The fraction of sp³-hybridized carbons (Fsp3) is 0.333. The zero-order valence-electron chi connectivity index (χ0n) is 9.49. The Morgan fingerprint density at radius 3 is 2.06 bits per heavy atom. The molecule has 1 aromatic carbocycles. The molecule has 1 N–H and O–H groups in total. The topological polar surface area (TPSA) is 54.4 Å². The number of benzene rings is 1. The van der Waals surface area contributed by atoms with Crippen molar-refractivity contribution in [3.05, 3.63) is 35.4 Å². The number of carbonyl (C=O) groups is 2. The standard InChI is InChI=1S/C12H11F3O3/c1-7(16)10(11(17)18)6-8-2-4-9(5-3-8)12(13,14)15/h2-5,10H,6H2,1H3,(H,17,18). The molecule has 6 heteroatoms. The van der Waals surface area contributed by atoms with E-state index in [9.17, 15) is 22.8 Å². The SMILES string of the molecule is CC(=O)C(Cc1ccc(C(F)(F)F)cc1)C(=O)O. The van der Waals surface area contributed by atoms with E-state index >= 15 is 0 Å². The Labute approximate surface area is 101 Å². The summed E-state index contributed by atoms with van der Waals surface area (Å²) >= 11 is 0. The first-order valence-electron chi connectivity index (χ1n) is 5.11. The number of alkyl halides is 3. The number of halogens is 3. The van der Waals surface area contributed by atoms with Gasteiger partial charge in [-0.25, -0.2) is 0 Å². The lowest BCUT2D eigenvalue weighted by atomic mass is 9.95. The van der Waals surface area contributed by atoms with Crippen molar-refractivity contribution < 1.29 is 27.9 Å². The van der Waals surface area contributed by atoms with Gasteiger partial charge in [0.25, 0.3) is 0 Å². The molecule has 0 saturated carbocycles. The van der Waals surface area contributed by atoms with E-state index in [2.05, 4.69) is 0 Å². The summed E-state index contributed by atoms with van der Waals surface area (Å²) in [6.45, 7) is 1.14. The number of aliphatic carboxylic acids is 1. The Hall–Kier alpha value is -1.85. The molecule has 0 saturated heterocycles. The first-order chi connectivity index (χ1) is 8.21. The summed E-state index contributed by atoms with van der Waals surface area (Å²) < 4.78 is 36.9. The first-order valence-corrected chi connectivity index (χ1v) is 5.11. The van der Waals surface area contributed by atoms with E-state index in [1.165, 1.54) is 12.1 Å². The van der Waals surface area contributed by atoms with E-state index in [4.69, 9.17) is 5.11 Å². The van der Waals surface area contributed by atoms with Crippen LogP contribution in [0.25, 0.3) is 0 Å². The van der Waals surface area contributed by atoms with Crippen LogP contribution in [0, 0.1) is 5.92 Å². The number of carboxylic acid groups (broad SMARTS) is 1. The second-order valence-corrected chi connectivity index (χ2v) is 3.90. The lowest BCUT2D eigenvalue weighted by Crippen LogP contribution is -2.23.